The molecule has 5 nitrogen and oxygen atoms in total. The summed E-state index contributed by atoms with van der Waals surface area (Å²) >= 11 is 0. The monoisotopic (exact) mass is 274 g/mol. The molecule has 0 aliphatic carbocycles. The number of halogens is 1. The summed E-state index contributed by atoms with van der Waals surface area (Å²) in [7, 11) is 0. The lowest BCUT2D eigenvalue weighted by molar-refractivity contribution is 0.102. The topological polar surface area (TPSA) is 80.9 Å². The van der Waals surface area contributed by atoms with Gasteiger partial charge in [0.2, 0.25) is 0 Å². The van der Waals surface area contributed by atoms with Crippen LogP contribution in [0.2, 0.25) is 0 Å². The molecule has 0 unspecified atom stereocenters. The van der Waals surface area contributed by atoms with Crippen LogP contribution in [0.3, 0.4) is 0 Å². The number of nitrogens with one attached hydrogen (secondary N) is 1. The summed E-state index contributed by atoms with van der Waals surface area (Å²) in [5, 5.41) is 2.56. The third kappa shape index (κ3) is 3.09. The first-order valence-corrected chi connectivity index (χ1v) is 6.16. The van der Waals surface area contributed by atoms with Crippen molar-refractivity contribution in [3.8, 4) is 0 Å². The van der Waals surface area contributed by atoms with E-state index in [1.54, 1.807) is 6.07 Å². The van der Waals surface area contributed by atoms with Crippen LogP contribution in [0, 0.1) is 5.82 Å². The first-order valence-electron chi connectivity index (χ1n) is 6.16. The zero-order valence-electron chi connectivity index (χ0n) is 11.2. The summed E-state index contributed by atoms with van der Waals surface area (Å²) in [5.41, 5.74) is 6.33. The maximum Gasteiger partial charge on any atom is 0.276 e. The summed E-state index contributed by atoms with van der Waals surface area (Å²) in [6.07, 6.45) is 1.41. The van der Waals surface area contributed by atoms with E-state index in [1.807, 2.05) is 13.8 Å². The van der Waals surface area contributed by atoms with Gasteiger partial charge in [-0.3, -0.25) is 4.79 Å². The van der Waals surface area contributed by atoms with Crippen molar-refractivity contribution >= 4 is 17.3 Å². The minimum atomic E-state index is -0.489. The fraction of sp³-hybridized carbons (Fsp3) is 0.214. The fourth-order valence-electron chi connectivity index (χ4n) is 1.62. The van der Waals surface area contributed by atoms with Gasteiger partial charge in [0.15, 0.2) is 5.69 Å². The lowest BCUT2D eigenvalue weighted by Gasteiger charge is -2.09. The second-order valence-corrected chi connectivity index (χ2v) is 4.65. The van der Waals surface area contributed by atoms with E-state index in [9.17, 15) is 9.18 Å². The second kappa shape index (κ2) is 5.64. The van der Waals surface area contributed by atoms with Gasteiger partial charge in [-0.15, -0.1) is 0 Å². The van der Waals surface area contributed by atoms with Crippen molar-refractivity contribution in [2.45, 2.75) is 19.8 Å². The van der Waals surface area contributed by atoms with Gasteiger partial charge in [0, 0.05) is 11.6 Å². The van der Waals surface area contributed by atoms with E-state index >= 15 is 0 Å². The molecule has 20 heavy (non-hydrogen) atoms. The molecule has 0 atom stereocenters. The standard InChI is InChI=1S/C14H15FN4O/c1-8(2)13-17-7-11(16)12(19-13)14(20)18-10-5-3-4-9(15)6-10/h3-8H,16H2,1-2H3,(H,18,20). The molecule has 104 valence electrons. The number of anilines is 2. The average molecular weight is 274 g/mol. The zero-order chi connectivity index (χ0) is 14.7. The van der Waals surface area contributed by atoms with E-state index in [1.165, 1.54) is 24.4 Å². The Kier molecular flexibility index (Phi) is 3.93. The highest BCUT2D eigenvalue weighted by Gasteiger charge is 2.15. The predicted molar refractivity (Wildman–Crippen MR) is 74.9 cm³/mol. The third-order valence-corrected chi connectivity index (χ3v) is 2.65. The predicted octanol–water partition coefficient (Wildman–Crippen LogP) is 2.57. The molecule has 2 aromatic rings. The number of amides is 1. The van der Waals surface area contributed by atoms with Crippen molar-refractivity contribution in [1.29, 1.82) is 0 Å². The molecule has 3 N–H and O–H groups in total. The Morgan fingerprint density at radius 1 is 1.40 bits per heavy atom. The molecule has 1 aromatic heterocycles. The Morgan fingerprint density at radius 3 is 2.80 bits per heavy atom. The highest BCUT2D eigenvalue weighted by molar-refractivity contribution is 6.06. The Labute approximate surface area is 116 Å². The zero-order valence-corrected chi connectivity index (χ0v) is 11.2. The molecule has 0 saturated heterocycles. The van der Waals surface area contributed by atoms with Gasteiger partial charge in [-0.2, -0.15) is 0 Å². The highest BCUT2D eigenvalue weighted by Crippen LogP contribution is 2.16. The number of nitrogen functional groups attached to an aromatic ring is 1. The number of aromatic nitrogens is 2. The van der Waals surface area contributed by atoms with Crippen LogP contribution < -0.4 is 11.1 Å². The normalized spacial score (nSPS) is 10.6. The number of hydrogen-bond acceptors (Lipinski definition) is 4. The summed E-state index contributed by atoms with van der Waals surface area (Å²) < 4.78 is 13.1. The largest absolute Gasteiger partial charge is 0.396 e. The molecule has 0 radical (unpaired) electrons. The van der Waals surface area contributed by atoms with Gasteiger partial charge in [0.05, 0.1) is 11.9 Å². The molecule has 1 aromatic carbocycles. The Morgan fingerprint density at radius 2 is 2.15 bits per heavy atom. The number of carbonyl (C=O) groups excluding carboxylic acids is 1. The molecule has 0 aliphatic rings. The van der Waals surface area contributed by atoms with E-state index in [4.69, 9.17) is 5.73 Å². The van der Waals surface area contributed by atoms with E-state index in [2.05, 4.69) is 15.3 Å². The average Bonchev–Trinajstić information content (AvgIpc) is 2.38. The lowest BCUT2D eigenvalue weighted by atomic mass is 10.2. The molecule has 0 fully saturated rings. The van der Waals surface area contributed by atoms with Crippen LogP contribution in [0.5, 0.6) is 0 Å². The number of nitrogens with two attached hydrogens (primary N) is 1. The maximum absolute atomic E-state index is 13.1. The smallest absolute Gasteiger partial charge is 0.276 e. The minimum Gasteiger partial charge on any atom is -0.396 e. The molecule has 0 saturated carbocycles. The first kappa shape index (κ1) is 13.9. The molecule has 0 spiro atoms. The van der Waals surface area contributed by atoms with Crippen LogP contribution in [0.1, 0.15) is 36.1 Å². The van der Waals surface area contributed by atoms with E-state index in [0.717, 1.165) is 0 Å². The third-order valence-electron chi connectivity index (χ3n) is 2.65. The van der Waals surface area contributed by atoms with Gasteiger partial charge >= 0.3 is 0 Å². The Balaban J connectivity index is 2.27. The van der Waals surface area contributed by atoms with Crippen molar-refractivity contribution < 1.29 is 9.18 Å². The molecular weight excluding hydrogens is 259 g/mol. The maximum atomic E-state index is 13.1. The quantitative estimate of drug-likeness (QED) is 0.901. The number of rotatable bonds is 3. The molecular formula is C14H15FN4O. The van der Waals surface area contributed by atoms with Gasteiger partial charge in [0.25, 0.3) is 5.91 Å². The fourth-order valence-corrected chi connectivity index (χ4v) is 1.62. The van der Waals surface area contributed by atoms with Crippen LogP contribution in [-0.2, 0) is 0 Å². The van der Waals surface area contributed by atoms with Crippen LogP contribution in [0.15, 0.2) is 30.5 Å². The van der Waals surface area contributed by atoms with Crippen LogP contribution >= 0.6 is 0 Å². The minimum absolute atomic E-state index is 0.0799. The van der Waals surface area contributed by atoms with E-state index in [-0.39, 0.29) is 17.3 Å². The summed E-state index contributed by atoms with van der Waals surface area (Å²) in [4.78, 5) is 20.3. The number of benzene rings is 1. The van der Waals surface area contributed by atoms with Gasteiger partial charge < -0.3 is 11.1 Å². The second-order valence-electron chi connectivity index (χ2n) is 4.65. The number of carbonyl (C=O) groups is 1. The highest BCUT2D eigenvalue weighted by atomic mass is 19.1. The SMILES string of the molecule is CC(C)c1ncc(N)c(C(=O)Nc2cccc(F)c2)n1. The number of nitrogens with zero attached hydrogens (tertiary/aromatic N) is 2. The van der Waals surface area contributed by atoms with Gasteiger partial charge in [0.1, 0.15) is 11.6 Å². The Hall–Kier alpha value is -2.50. The van der Waals surface area contributed by atoms with Crippen LogP contribution in [0.25, 0.3) is 0 Å². The van der Waals surface area contributed by atoms with E-state index in [0.29, 0.717) is 11.5 Å². The van der Waals surface area contributed by atoms with Crippen molar-refractivity contribution in [2.24, 2.45) is 0 Å². The Bertz CT molecular complexity index is 643. The van der Waals surface area contributed by atoms with Crippen LogP contribution in [-0.4, -0.2) is 15.9 Å². The molecule has 6 heteroatoms. The first-order chi connectivity index (χ1) is 9.47. The van der Waals surface area contributed by atoms with E-state index < -0.39 is 11.7 Å². The van der Waals surface area contributed by atoms with Gasteiger partial charge in [-0.05, 0) is 18.2 Å². The molecule has 2 rings (SSSR count). The van der Waals surface area contributed by atoms with Crippen LogP contribution in [0.4, 0.5) is 15.8 Å². The van der Waals surface area contributed by atoms with Gasteiger partial charge in [-0.25, -0.2) is 14.4 Å². The van der Waals surface area contributed by atoms with Crippen molar-refractivity contribution in [1.82, 2.24) is 9.97 Å². The number of hydrogen-bond donors (Lipinski definition) is 2. The molecule has 0 aliphatic heterocycles. The van der Waals surface area contributed by atoms with Crippen molar-refractivity contribution in [2.75, 3.05) is 11.1 Å². The molecule has 1 heterocycles. The molecule has 0 bridgehead atoms. The lowest BCUT2D eigenvalue weighted by Crippen LogP contribution is -2.18. The molecule has 1 amide bonds. The van der Waals surface area contributed by atoms with Crippen molar-refractivity contribution in [3.05, 3.63) is 47.8 Å². The summed E-state index contributed by atoms with van der Waals surface area (Å²) in [6, 6.07) is 5.61. The summed E-state index contributed by atoms with van der Waals surface area (Å²) in [5.74, 6) is -0.307. The summed E-state index contributed by atoms with van der Waals surface area (Å²) in [6.45, 7) is 3.83. The van der Waals surface area contributed by atoms with Crippen molar-refractivity contribution in [3.63, 3.8) is 0 Å². The van der Waals surface area contributed by atoms with Gasteiger partial charge in [-0.1, -0.05) is 19.9 Å².